The van der Waals surface area contributed by atoms with Crippen LogP contribution in [0.15, 0.2) is 22.7 Å². The van der Waals surface area contributed by atoms with Gasteiger partial charge in [0.1, 0.15) is 6.17 Å². The molecule has 0 aromatic rings. The summed E-state index contributed by atoms with van der Waals surface area (Å²) >= 11 is 0. The molecule has 0 saturated carbocycles. The van der Waals surface area contributed by atoms with Crippen LogP contribution in [-0.4, -0.2) is 30.7 Å². The van der Waals surface area contributed by atoms with Gasteiger partial charge in [0.15, 0.2) is 0 Å². The van der Waals surface area contributed by atoms with E-state index in [9.17, 15) is 0 Å². The van der Waals surface area contributed by atoms with Crippen molar-refractivity contribution in [2.24, 2.45) is 10.1 Å². The number of unbranched alkanes of at least 4 members (excludes halogenated alkanes) is 1. The van der Waals surface area contributed by atoms with Crippen molar-refractivity contribution in [2.75, 3.05) is 7.05 Å². The summed E-state index contributed by atoms with van der Waals surface area (Å²) in [5.74, 6) is 0. The molecule has 0 spiro atoms. The van der Waals surface area contributed by atoms with Gasteiger partial charge in [-0.05, 0) is 39.3 Å². The fourth-order valence-corrected chi connectivity index (χ4v) is 1.25. The van der Waals surface area contributed by atoms with Crippen LogP contribution in [0.3, 0.4) is 0 Å². The van der Waals surface area contributed by atoms with Crippen molar-refractivity contribution in [3.05, 3.63) is 12.7 Å². The van der Waals surface area contributed by atoms with Gasteiger partial charge in [0, 0.05) is 12.8 Å². The molecule has 3 nitrogen and oxygen atoms in total. The molecule has 86 valence electrons. The van der Waals surface area contributed by atoms with Crippen molar-refractivity contribution in [3.8, 4) is 0 Å². The Hall–Kier alpha value is -1.12. The van der Waals surface area contributed by atoms with Gasteiger partial charge >= 0.3 is 0 Å². The van der Waals surface area contributed by atoms with Gasteiger partial charge in [-0.1, -0.05) is 13.0 Å². The van der Waals surface area contributed by atoms with Gasteiger partial charge < -0.3 is 0 Å². The molecule has 0 rings (SSSR count). The summed E-state index contributed by atoms with van der Waals surface area (Å²) in [6, 6.07) is 0. The third-order valence-corrected chi connectivity index (χ3v) is 2.35. The van der Waals surface area contributed by atoms with E-state index >= 15 is 0 Å². The van der Waals surface area contributed by atoms with E-state index in [0.717, 1.165) is 31.4 Å². The van der Waals surface area contributed by atoms with E-state index in [0.29, 0.717) is 0 Å². The van der Waals surface area contributed by atoms with Crippen LogP contribution in [-0.2, 0) is 0 Å². The van der Waals surface area contributed by atoms with Crippen LogP contribution in [0.25, 0.3) is 0 Å². The molecular formula is C12H23N3. The van der Waals surface area contributed by atoms with Gasteiger partial charge in [-0.25, -0.2) is 0 Å². The number of hydrogen-bond acceptors (Lipinski definition) is 3. The average molecular weight is 209 g/mol. The van der Waals surface area contributed by atoms with Crippen molar-refractivity contribution >= 4 is 12.4 Å². The van der Waals surface area contributed by atoms with Gasteiger partial charge in [-0.3, -0.25) is 10.0 Å². The Morgan fingerprint density at radius 1 is 1.53 bits per heavy atom. The number of hydrogen-bond donors (Lipinski definition) is 0. The van der Waals surface area contributed by atoms with Gasteiger partial charge in [-0.2, -0.15) is 5.10 Å². The number of hydrazone groups is 1. The standard InChI is InChI=1S/C12H23N3/c1-6-8-9-10-12(13-4)15(5)14-11(3)7-2/h6,12H,1,4,7-10H2,2-3,5H3/b14-11-. The molecule has 0 aromatic heterocycles. The van der Waals surface area contributed by atoms with E-state index in [4.69, 9.17) is 0 Å². The van der Waals surface area contributed by atoms with E-state index in [1.807, 2.05) is 25.1 Å². The summed E-state index contributed by atoms with van der Waals surface area (Å²) in [6.45, 7) is 11.4. The monoisotopic (exact) mass is 209 g/mol. The molecule has 0 radical (unpaired) electrons. The minimum atomic E-state index is 0.0893. The lowest BCUT2D eigenvalue weighted by Crippen LogP contribution is -2.26. The molecule has 15 heavy (non-hydrogen) atoms. The van der Waals surface area contributed by atoms with Crippen molar-refractivity contribution in [1.29, 1.82) is 0 Å². The quantitative estimate of drug-likeness (QED) is 0.261. The van der Waals surface area contributed by atoms with Crippen LogP contribution in [0.5, 0.6) is 0 Å². The maximum Gasteiger partial charge on any atom is 0.135 e. The highest BCUT2D eigenvalue weighted by Gasteiger charge is 2.09. The summed E-state index contributed by atoms with van der Waals surface area (Å²) in [7, 11) is 1.95. The van der Waals surface area contributed by atoms with Crippen LogP contribution in [0.2, 0.25) is 0 Å². The zero-order valence-electron chi connectivity index (χ0n) is 10.2. The van der Waals surface area contributed by atoms with E-state index in [2.05, 4.69) is 30.3 Å². The second-order valence-electron chi connectivity index (χ2n) is 3.65. The zero-order valence-corrected chi connectivity index (χ0v) is 10.2. The fraction of sp³-hybridized carbons (Fsp3) is 0.667. The SMILES string of the molecule is C=CCCCC(N=C)N(C)/N=C(/C)CC. The maximum absolute atomic E-state index is 4.44. The summed E-state index contributed by atoms with van der Waals surface area (Å²) < 4.78 is 0. The second-order valence-corrected chi connectivity index (χ2v) is 3.65. The molecule has 0 fully saturated rings. The van der Waals surface area contributed by atoms with Crippen molar-refractivity contribution in [2.45, 2.75) is 45.7 Å². The first-order valence-corrected chi connectivity index (χ1v) is 5.49. The predicted octanol–water partition coefficient (Wildman–Crippen LogP) is 3.09. The Kier molecular flexibility index (Phi) is 7.60. The molecule has 0 saturated heterocycles. The smallest absolute Gasteiger partial charge is 0.135 e. The normalized spacial score (nSPS) is 13.4. The molecule has 0 aromatic carbocycles. The van der Waals surface area contributed by atoms with Crippen LogP contribution in [0.1, 0.15) is 39.5 Å². The number of nitrogens with zero attached hydrogens (tertiary/aromatic N) is 3. The summed E-state index contributed by atoms with van der Waals surface area (Å²) in [5.41, 5.74) is 1.12. The summed E-state index contributed by atoms with van der Waals surface area (Å²) in [6.07, 6.45) is 6.08. The molecule has 0 bridgehead atoms. The van der Waals surface area contributed by atoms with Crippen LogP contribution >= 0.6 is 0 Å². The van der Waals surface area contributed by atoms with Crippen molar-refractivity contribution < 1.29 is 0 Å². The molecule has 0 amide bonds. The highest BCUT2D eigenvalue weighted by molar-refractivity contribution is 5.81. The third kappa shape index (κ3) is 6.05. The van der Waals surface area contributed by atoms with Gasteiger partial charge in [0.05, 0.1) is 0 Å². The Balaban J connectivity index is 4.14. The number of rotatable bonds is 8. The topological polar surface area (TPSA) is 28.0 Å². The Morgan fingerprint density at radius 2 is 2.20 bits per heavy atom. The Labute approximate surface area is 93.6 Å². The number of allylic oxidation sites excluding steroid dienone is 1. The van der Waals surface area contributed by atoms with Gasteiger partial charge in [0.2, 0.25) is 0 Å². The third-order valence-electron chi connectivity index (χ3n) is 2.35. The van der Waals surface area contributed by atoms with E-state index < -0.39 is 0 Å². The average Bonchev–Trinajstić information content (AvgIpc) is 2.24. The molecule has 0 N–H and O–H groups in total. The van der Waals surface area contributed by atoms with Crippen LogP contribution in [0.4, 0.5) is 0 Å². The lowest BCUT2D eigenvalue weighted by molar-refractivity contribution is 0.246. The number of aliphatic imine (C=N–C) groups is 1. The van der Waals surface area contributed by atoms with Crippen molar-refractivity contribution in [1.82, 2.24) is 5.01 Å². The first-order chi connectivity index (χ1) is 7.15. The minimum Gasteiger partial charge on any atom is -0.276 e. The first kappa shape index (κ1) is 13.9. The lowest BCUT2D eigenvalue weighted by Gasteiger charge is -2.22. The van der Waals surface area contributed by atoms with Crippen molar-refractivity contribution in [3.63, 3.8) is 0 Å². The first-order valence-electron chi connectivity index (χ1n) is 5.49. The second kappa shape index (κ2) is 8.21. The maximum atomic E-state index is 4.44. The summed E-state index contributed by atoms with van der Waals surface area (Å²) in [4.78, 5) is 4.08. The van der Waals surface area contributed by atoms with E-state index in [1.54, 1.807) is 0 Å². The van der Waals surface area contributed by atoms with Gasteiger partial charge in [0.25, 0.3) is 0 Å². The van der Waals surface area contributed by atoms with Crippen LogP contribution in [0, 0.1) is 0 Å². The largest absolute Gasteiger partial charge is 0.276 e. The minimum absolute atomic E-state index is 0.0893. The fourth-order valence-electron chi connectivity index (χ4n) is 1.25. The highest BCUT2D eigenvalue weighted by atomic mass is 15.5. The lowest BCUT2D eigenvalue weighted by atomic mass is 10.2. The summed E-state index contributed by atoms with van der Waals surface area (Å²) in [5, 5.41) is 6.33. The van der Waals surface area contributed by atoms with Gasteiger partial charge in [-0.15, -0.1) is 6.58 Å². The van der Waals surface area contributed by atoms with Crippen LogP contribution < -0.4 is 0 Å². The molecular weight excluding hydrogens is 186 g/mol. The zero-order chi connectivity index (χ0) is 11.7. The predicted molar refractivity (Wildman–Crippen MR) is 68.5 cm³/mol. The molecule has 0 heterocycles. The van der Waals surface area contributed by atoms with E-state index in [1.165, 1.54) is 0 Å². The molecule has 0 aliphatic carbocycles. The van der Waals surface area contributed by atoms with E-state index in [-0.39, 0.29) is 6.17 Å². The highest BCUT2D eigenvalue weighted by Crippen LogP contribution is 2.09. The molecule has 0 aliphatic heterocycles. The molecule has 3 heteroatoms. The molecule has 1 atom stereocenters. The molecule has 1 unspecified atom stereocenters. The Morgan fingerprint density at radius 3 is 2.67 bits per heavy atom. The Bertz CT molecular complexity index is 221. The molecule has 0 aliphatic rings.